The van der Waals surface area contributed by atoms with Gasteiger partial charge in [-0.15, -0.1) is 0 Å². The van der Waals surface area contributed by atoms with Gasteiger partial charge in [0.05, 0.1) is 99.6 Å². The molecule has 34 heteroatoms. The number of aromatic nitrogens is 6. The highest BCUT2D eigenvalue weighted by Crippen LogP contribution is 2.41. The second-order valence-electron chi connectivity index (χ2n) is 21.3. The number of carbonyl (C=O) groups excluding carboxylic acids is 4. The maximum atomic E-state index is 13.0. The van der Waals surface area contributed by atoms with Gasteiger partial charge in [-0.25, -0.2) is 34.3 Å². The molecule has 3 aromatic heterocycles. The SMILES string of the molecule is Brc1cnc[nH]1.C.[C-]#[N+]c1ccc(CC(=O)[C@@](C)(O)CBr)cc1C(F)(F)F.[C-]#[N+]c1ccc(CC(=O)[C@@](C)(O)Cn2cnc(Br)c2)cc1C(F)(F)F.[C-]#[N+]c1ccc(CC(=O)[C@@](C)(O)Cn2cncc2Br)cc1C(F)(F)F.[C-]#[N+]c1ccc(CC(=O)[C@]2(C)CO2)cc1C(F)(F)F. The van der Waals surface area contributed by atoms with Gasteiger partial charge < -0.3 is 34.2 Å². The number of rotatable bonds is 17. The van der Waals surface area contributed by atoms with Crippen LogP contribution in [-0.2, 0) is 87.4 Å². The minimum Gasteiger partial charge on any atom is -0.381 e. The number of alkyl halides is 13. The second-order valence-corrected chi connectivity index (χ2v) is 24.4. The molecule has 4 atom stereocenters. The van der Waals surface area contributed by atoms with Crippen LogP contribution in [0.25, 0.3) is 19.4 Å². The van der Waals surface area contributed by atoms with E-state index in [1.165, 1.54) is 73.0 Å². The number of Topliss-reactive ketones (excluding diaryl/α,β-unsaturated/α-hetero) is 4. The number of halogens is 16. The van der Waals surface area contributed by atoms with Crippen LogP contribution in [-0.4, -0.2) is 102 Å². The van der Waals surface area contributed by atoms with E-state index in [1.807, 2.05) is 0 Å². The summed E-state index contributed by atoms with van der Waals surface area (Å²) in [6.45, 7) is 32.6. The van der Waals surface area contributed by atoms with E-state index in [-0.39, 0.29) is 79.6 Å². The summed E-state index contributed by atoms with van der Waals surface area (Å²) >= 11 is 12.5. The molecule has 512 valence electrons. The number of epoxide rings is 1. The molecule has 7 aromatic rings. The first-order valence-corrected chi connectivity index (χ1v) is 30.1. The molecule has 4 aromatic carbocycles. The Labute approximate surface area is 574 Å². The number of benzene rings is 4. The van der Waals surface area contributed by atoms with Crippen LogP contribution in [0.4, 0.5) is 75.4 Å². The van der Waals surface area contributed by atoms with Crippen molar-refractivity contribution >= 4 is 110 Å². The molecule has 0 saturated carbocycles. The molecule has 4 N–H and O–H groups in total. The molecule has 0 unspecified atom stereocenters. The number of H-pyrrole nitrogens is 1. The molecule has 8 rings (SSSR count). The van der Waals surface area contributed by atoms with Gasteiger partial charge in [-0.05, 0) is 97.7 Å². The van der Waals surface area contributed by atoms with E-state index < -0.39 is 109 Å². The minimum atomic E-state index is -4.69. The van der Waals surface area contributed by atoms with Crippen molar-refractivity contribution in [2.24, 2.45) is 0 Å². The van der Waals surface area contributed by atoms with Crippen LogP contribution in [0.2, 0.25) is 0 Å². The maximum absolute atomic E-state index is 13.0. The molecule has 0 amide bonds. The van der Waals surface area contributed by atoms with Crippen molar-refractivity contribution in [3.05, 3.63) is 214 Å². The van der Waals surface area contributed by atoms with Gasteiger partial charge in [-0.1, -0.05) is 96.2 Å². The van der Waals surface area contributed by atoms with Crippen molar-refractivity contribution < 1.29 is 91.9 Å². The van der Waals surface area contributed by atoms with Gasteiger partial charge in [0.15, 0.2) is 45.9 Å². The predicted molar refractivity (Wildman–Crippen MR) is 339 cm³/mol. The summed E-state index contributed by atoms with van der Waals surface area (Å²) in [5.41, 5.74) is -11.9. The number of ketones is 4. The zero-order valence-electron chi connectivity index (χ0n) is 49.5. The summed E-state index contributed by atoms with van der Waals surface area (Å²) in [5.74, 6) is -2.13. The standard InChI is InChI=1S/2C16H13BrF3N3O2.C13H11BrF3NO2.C13H10F3NO2.C3H3BrN2.CH4/c1-15(25,8-23-7-14(17)22-9-23)13(24)6-10-3-4-12(21-2)11(5-10)16(18,19)20;1-15(25,8-23-9-22-7-14(23)17)13(24)6-10-3-4-12(21-2)11(5-10)16(18,19)20;1-12(20,7-14)11(19)6-8-3-4-10(18-2)9(5-8)13(15,16)17;1-12(7-19-12)11(18)6-8-3-4-10(17-2)9(5-8)13(14,15)16;4-3-1-5-2-6-3;/h2*3-5,7,9,25H,6,8H2,1H3;3-5,20H,6-7H2,1H3;3-5H,6-7H2,1H3;1-2H,(H,5,6);1H4/t2*15-;2*12-;;/m0000../s1. The molecular formula is C62H54Br4F12N10O8. The van der Waals surface area contributed by atoms with Crippen LogP contribution in [0, 0.1) is 26.3 Å². The third-order valence-corrected chi connectivity index (χ3v) is 15.9. The monoisotopic (exact) mass is 1610 g/mol. The average Bonchev–Trinajstić information content (AvgIpc) is 1.59. The van der Waals surface area contributed by atoms with Crippen molar-refractivity contribution in [1.29, 1.82) is 0 Å². The number of hydrogen-bond donors (Lipinski definition) is 4. The summed E-state index contributed by atoms with van der Waals surface area (Å²) in [5, 5.41) is 30.4. The first-order valence-electron chi connectivity index (χ1n) is 26.6. The van der Waals surface area contributed by atoms with E-state index >= 15 is 0 Å². The second kappa shape index (κ2) is 33.8. The van der Waals surface area contributed by atoms with E-state index in [0.29, 0.717) is 15.8 Å². The van der Waals surface area contributed by atoms with Crippen LogP contribution < -0.4 is 0 Å². The Bertz CT molecular complexity index is 4060. The Kier molecular flexibility index (Phi) is 29.0. The Morgan fingerprint density at radius 1 is 0.573 bits per heavy atom. The summed E-state index contributed by atoms with van der Waals surface area (Å²) in [6, 6.07) is 12.6. The van der Waals surface area contributed by atoms with Gasteiger partial charge in [0, 0.05) is 37.2 Å². The van der Waals surface area contributed by atoms with Crippen LogP contribution >= 0.6 is 63.7 Å². The normalized spacial score (nSPS) is 15.2. The Balaban J connectivity index is 0.000000324. The van der Waals surface area contributed by atoms with Crippen molar-refractivity contribution in [2.75, 3.05) is 11.9 Å². The summed E-state index contributed by atoms with van der Waals surface area (Å²) in [4.78, 5) is 73.8. The first-order chi connectivity index (χ1) is 43.8. The Morgan fingerprint density at radius 3 is 1.19 bits per heavy atom. The number of hydrogen-bond acceptors (Lipinski definition) is 11. The first kappa shape index (κ1) is 82.3. The summed E-state index contributed by atoms with van der Waals surface area (Å²) < 4.78 is 164. The number of aliphatic hydroxyl groups is 3. The maximum Gasteiger partial charge on any atom is 0.407 e. The lowest BCUT2D eigenvalue weighted by Gasteiger charge is -2.23. The molecule has 1 fully saturated rings. The molecule has 1 saturated heterocycles. The zero-order valence-corrected chi connectivity index (χ0v) is 55.8. The molecule has 18 nitrogen and oxygen atoms in total. The van der Waals surface area contributed by atoms with E-state index in [9.17, 15) is 87.2 Å². The fourth-order valence-corrected chi connectivity index (χ4v) is 9.08. The molecule has 0 spiro atoms. The van der Waals surface area contributed by atoms with Crippen molar-refractivity contribution in [1.82, 2.24) is 29.1 Å². The van der Waals surface area contributed by atoms with Crippen molar-refractivity contribution in [3.8, 4) is 0 Å². The summed E-state index contributed by atoms with van der Waals surface area (Å²) in [7, 11) is 0. The van der Waals surface area contributed by atoms with Gasteiger partial charge in [0.1, 0.15) is 36.2 Å². The number of nitrogens with one attached hydrogen (secondary N) is 1. The molecule has 0 aliphatic carbocycles. The third kappa shape index (κ3) is 24.3. The van der Waals surface area contributed by atoms with E-state index in [0.717, 1.165) is 53.1 Å². The zero-order chi connectivity index (χ0) is 71.9. The van der Waals surface area contributed by atoms with Gasteiger partial charge in [0.25, 0.3) is 0 Å². The molecular weight excluding hydrogens is 1560 g/mol. The van der Waals surface area contributed by atoms with Crippen LogP contribution in [0.15, 0.2) is 124 Å². The highest BCUT2D eigenvalue weighted by molar-refractivity contribution is 9.11. The summed E-state index contributed by atoms with van der Waals surface area (Å²) in [6.07, 6.45) is -10.7. The highest BCUT2D eigenvalue weighted by atomic mass is 79.9. The van der Waals surface area contributed by atoms with Gasteiger partial charge in [0.2, 0.25) is 0 Å². The number of carbonyl (C=O) groups is 4. The number of imidazole rings is 3. The Morgan fingerprint density at radius 2 is 0.927 bits per heavy atom. The average molecular weight is 1610 g/mol. The third-order valence-electron chi connectivity index (χ3n) is 13.3. The lowest BCUT2D eigenvalue weighted by atomic mass is 9.94. The number of aromatic amines is 1. The van der Waals surface area contributed by atoms with E-state index in [4.69, 9.17) is 31.0 Å². The van der Waals surface area contributed by atoms with Crippen molar-refractivity contribution in [2.45, 2.75) is 121 Å². The molecule has 0 bridgehead atoms. The smallest absolute Gasteiger partial charge is 0.381 e. The number of nitrogens with zero attached hydrogens (tertiary/aromatic N) is 9. The lowest BCUT2D eigenvalue weighted by Crippen LogP contribution is -2.40. The van der Waals surface area contributed by atoms with E-state index in [2.05, 4.69) is 103 Å². The quantitative estimate of drug-likeness (QED) is 0.0290. The van der Waals surface area contributed by atoms with Gasteiger partial charge >= 0.3 is 24.7 Å². The predicted octanol–water partition coefficient (Wildman–Crippen LogP) is 16.0. The molecule has 1 aliphatic heterocycles. The van der Waals surface area contributed by atoms with Gasteiger partial charge in [-0.2, -0.15) is 52.7 Å². The van der Waals surface area contributed by atoms with Crippen LogP contribution in [0.3, 0.4) is 0 Å². The minimum absolute atomic E-state index is 0. The fraction of sp³-hybridized carbons (Fsp3) is 0.339. The molecule has 96 heavy (non-hydrogen) atoms. The largest absolute Gasteiger partial charge is 0.407 e. The highest BCUT2D eigenvalue weighted by Gasteiger charge is 2.47. The number of ether oxygens (including phenoxy) is 1. The Hall–Kier alpha value is -7.93. The van der Waals surface area contributed by atoms with Crippen LogP contribution in [0.5, 0.6) is 0 Å². The molecule has 0 radical (unpaired) electrons. The lowest BCUT2D eigenvalue weighted by molar-refractivity contribution is -0.138. The van der Waals surface area contributed by atoms with E-state index in [1.54, 1.807) is 25.6 Å². The topological polar surface area (TPSA) is 223 Å². The van der Waals surface area contributed by atoms with Crippen molar-refractivity contribution in [3.63, 3.8) is 0 Å². The van der Waals surface area contributed by atoms with Crippen LogP contribution in [0.1, 0.15) is 79.6 Å². The molecule has 1 aliphatic rings. The fourth-order valence-electron chi connectivity index (χ4n) is 7.86. The molecule has 4 heterocycles. The van der Waals surface area contributed by atoms with Gasteiger partial charge in [-0.3, -0.25) is 19.2 Å².